The Hall–Kier alpha value is -0.130. The molecule has 3 nitrogen and oxygen atoms in total. The lowest BCUT2D eigenvalue weighted by molar-refractivity contribution is 0.479. The van der Waals surface area contributed by atoms with Gasteiger partial charge in [-0.1, -0.05) is 13.8 Å². The SMILES string of the molecule is CCCn1nccc1C(NCC)C1CSCCS1. The first-order valence-electron chi connectivity index (χ1n) is 6.81. The minimum atomic E-state index is 0.446. The monoisotopic (exact) mass is 285 g/mol. The standard InChI is InChI=1S/C13H23N3S2/c1-3-7-16-11(5-6-15-16)13(14-4-2)12-10-17-8-9-18-12/h5-6,12-14H,3-4,7-10H2,1-2H3. The van der Waals surface area contributed by atoms with E-state index in [4.69, 9.17) is 0 Å². The Morgan fingerprint density at radius 2 is 2.39 bits per heavy atom. The number of aryl methyl sites for hydroxylation is 1. The van der Waals surface area contributed by atoms with Crippen molar-refractivity contribution in [3.05, 3.63) is 18.0 Å². The highest BCUT2D eigenvalue weighted by Crippen LogP contribution is 2.33. The molecule has 0 bridgehead atoms. The summed E-state index contributed by atoms with van der Waals surface area (Å²) in [5, 5.41) is 8.80. The molecule has 0 amide bonds. The van der Waals surface area contributed by atoms with Gasteiger partial charge in [0.15, 0.2) is 0 Å². The van der Waals surface area contributed by atoms with Crippen molar-refractivity contribution in [1.82, 2.24) is 15.1 Å². The number of hydrogen-bond donors (Lipinski definition) is 1. The molecular weight excluding hydrogens is 262 g/mol. The van der Waals surface area contributed by atoms with Crippen LogP contribution in [0.25, 0.3) is 0 Å². The van der Waals surface area contributed by atoms with Gasteiger partial charge >= 0.3 is 0 Å². The minimum Gasteiger partial charge on any atom is -0.308 e. The zero-order valence-electron chi connectivity index (χ0n) is 11.3. The number of nitrogens with zero attached hydrogens (tertiary/aromatic N) is 2. The Bertz CT molecular complexity index is 348. The molecule has 0 spiro atoms. The summed E-state index contributed by atoms with van der Waals surface area (Å²) in [5.74, 6) is 3.83. The van der Waals surface area contributed by atoms with Crippen LogP contribution in [-0.2, 0) is 6.54 Å². The molecule has 1 fully saturated rings. The number of nitrogens with one attached hydrogen (secondary N) is 1. The highest BCUT2D eigenvalue weighted by Gasteiger charge is 2.27. The summed E-state index contributed by atoms with van der Waals surface area (Å²) in [5.41, 5.74) is 1.36. The van der Waals surface area contributed by atoms with Crippen molar-refractivity contribution in [1.29, 1.82) is 0 Å². The Balaban J connectivity index is 2.14. The number of hydrogen-bond acceptors (Lipinski definition) is 4. The molecule has 0 saturated carbocycles. The minimum absolute atomic E-state index is 0.446. The molecule has 1 aliphatic rings. The van der Waals surface area contributed by atoms with Crippen LogP contribution in [0.5, 0.6) is 0 Å². The first kappa shape index (κ1) is 14.3. The predicted octanol–water partition coefficient (Wildman–Crippen LogP) is 2.79. The van der Waals surface area contributed by atoms with Crippen LogP contribution < -0.4 is 5.32 Å². The zero-order valence-corrected chi connectivity index (χ0v) is 12.9. The second-order valence-electron chi connectivity index (χ2n) is 4.50. The van der Waals surface area contributed by atoms with Gasteiger partial charge in [0.05, 0.1) is 11.7 Å². The topological polar surface area (TPSA) is 29.9 Å². The normalized spacial score (nSPS) is 22.0. The third-order valence-corrected chi connectivity index (χ3v) is 6.00. The summed E-state index contributed by atoms with van der Waals surface area (Å²) in [6, 6.07) is 2.63. The second kappa shape index (κ2) is 7.46. The summed E-state index contributed by atoms with van der Waals surface area (Å²) >= 11 is 4.20. The maximum absolute atomic E-state index is 4.46. The molecule has 2 atom stereocenters. The largest absolute Gasteiger partial charge is 0.308 e. The van der Waals surface area contributed by atoms with Gasteiger partial charge in [0, 0.05) is 35.3 Å². The van der Waals surface area contributed by atoms with E-state index in [0.29, 0.717) is 11.3 Å². The Morgan fingerprint density at radius 1 is 1.50 bits per heavy atom. The van der Waals surface area contributed by atoms with Gasteiger partial charge in [-0.25, -0.2) is 0 Å². The van der Waals surface area contributed by atoms with E-state index in [1.807, 2.05) is 6.20 Å². The van der Waals surface area contributed by atoms with Crippen molar-refractivity contribution in [2.75, 3.05) is 23.8 Å². The van der Waals surface area contributed by atoms with E-state index in [9.17, 15) is 0 Å². The van der Waals surface area contributed by atoms with E-state index in [1.165, 1.54) is 23.0 Å². The molecule has 1 N–H and O–H groups in total. The Kier molecular flexibility index (Phi) is 5.92. The van der Waals surface area contributed by atoms with Gasteiger partial charge in [-0.3, -0.25) is 4.68 Å². The Labute approximate surface area is 118 Å². The maximum atomic E-state index is 4.46. The van der Waals surface area contributed by atoms with E-state index < -0.39 is 0 Å². The van der Waals surface area contributed by atoms with Gasteiger partial charge in [0.25, 0.3) is 0 Å². The van der Waals surface area contributed by atoms with Crippen molar-refractivity contribution >= 4 is 23.5 Å². The molecule has 1 saturated heterocycles. The van der Waals surface area contributed by atoms with E-state index in [1.54, 1.807) is 0 Å². The van der Waals surface area contributed by atoms with Crippen molar-refractivity contribution < 1.29 is 0 Å². The van der Waals surface area contributed by atoms with Crippen molar-refractivity contribution in [3.8, 4) is 0 Å². The number of thioether (sulfide) groups is 2. The first-order chi connectivity index (χ1) is 8.86. The van der Waals surface area contributed by atoms with Gasteiger partial charge in [-0.05, 0) is 19.0 Å². The quantitative estimate of drug-likeness (QED) is 0.870. The summed E-state index contributed by atoms with van der Waals surface area (Å²) in [6.45, 7) is 6.44. The predicted molar refractivity (Wildman–Crippen MR) is 82.5 cm³/mol. The van der Waals surface area contributed by atoms with E-state index in [2.05, 4.69) is 58.5 Å². The lowest BCUT2D eigenvalue weighted by Gasteiger charge is -2.30. The molecule has 0 radical (unpaired) electrons. The van der Waals surface area contributed by atoms with Crippen LogP contribution in [0.2, 0.25) is 0 Å². The molecule has 5 heteroatoms. The summed E-state index contributed by atoms with van der Waals surface area (Å²) in [4.78, 5) is 0. The van der Waals surface area contributed by atoms with Crippen LogP contribution in [0, 0.1) is 0 Å². The molecule has 0 aromatic carbocycles. The highest BCUT2D eigenvalue weighted by atomic mass is 32.2. The molecule has 18 heavy (non-hydrogen) atoms. The summed E-state index contributed by atoms with van der Waals surface area (Å²) in [6.07, 6.45) is 3.08. The smallest absolute Gasteiger partial charge is 0.0620 e. The zero-order chi connectivity index (χ0) is 12.8. The third-order valence-electron chi connectivity index (χ3n) is 3.14. The summed E-state index contributed by atoms with van der Waals surface area (Å²) < 4.78 is 2.17. The average Bonchev–Trinajstić information content (AvgIpc) is 2.85. The van der Waals surface area contributed by atoms with Crippen LogP contribution >= 0.6 is 23.5 Å². The van der Waals surface area contributed by atoms with Crippen LogP contribution in [0.3, 0.4) is 0 Å². The fraction of sp³-hybridized carbons (Fsp3) is 0.769. The van der Waals surface area contributed by atoms with Crippen molar-refractivity contribution in [3.63, 3.8) is 0 Å². The molecule has 2 heterocycles. The highest BCUT2D eigenvalue weighted by molar-refractivity contribution is 8.06. The van der Waals surface area contributed by atoms with Crippen LogP contribution in [0.15, 0.2) is 12.3 Å². The van der Waals surface area contributed by atoms with E-state index in [0.717, 1.165) is 19.5 Å². The second-order valence-corrected chi connectivity index (χ2v) is 7.00. The molecule has 1 aromatic heterocycles. The lowest BCUT2D eigenvalue weighted by atomic mass is 10.1. The van der Waals surface area contributed by atoms with E-state index in [-0.39, 0.29) is 0 Å². The number of rotatable bonds is 6. The molecule has 2 unspecified atom stereocenters. The van der Waals surface area contributed by atoms with Crippen LogP contribution in [-0.4, -0.2) is 38.8 Å². The first-order valence-corrected chi connectivity index (χ1v) is 9.01. The molecule has 1 aromatic rings. The number of aromatic nitrogens is 2. The van der Waals surface area contributed by atoms with Crippen molar-refractivity contribution in [2.24, 2.45) is 0 Å². The molecule has 1 aliphatic heterocycles. The molecular formula is C13H23N3S2. The Morgan fingerprint density at radius 3 is 3.06 bits per heavy atom. The fourth-order valence-corrected chi connectivity index (χ4v) is 5.20. The average molecular weight is 285 g/mol. The van der Waals surface area contributed by atoms with Crippen molar-refractivity contribution in [2.45, 2.75) is 38.1 Å². The van der Waals surface area contributed by atoms with Crippen LogP contribution in [0.1, 0.15) is 32.0 Å². The molecule has 102 valence electrons. The van der Waals surface area contributed by atoms with Gasteiger partial charge in [0.1, 0.15) is 0 Å². The lowest BCUT2D eigenvalue weighted by Crippen LogP contribution is -2.35. The van der Waals surface area contributed by atoms with Gasteiger partial charge in [-0.15, -0.1) is 0 Å². The summed E-state index contributed by atoms with van der Waals surface area (Å²) in [7, 11) is 0. The molecule has 0 aliphatic carbocycles. The maximum Gasteiger partial charge on any atom is 0.0620 e. The van der Waals surface area contributed by atoms with Gasteiger partial charge < -0.3 is 5.32 Å². The fourth-order valence-electron chi connectivity index (χ4n) is 2.35. The van der Waals surface area contributed by atoms with E-state index >= 15 is 0 Å². The van der Waals surface area contributed by atoms with Gasteiger partial charge in [-0.2, -0.15) is 28.6 Å². The van der Waals surface area contributed by atoms with Crippen LogP contribution in [0.4, 0.5) is 0 Å². The third kappa shape index (κ3) is 3.45. The van der Waals surface area contributed by atoms with Gasteiger partial charge in [0.2, 0.25) is 0 Å². The molecule has 2 rings (SSSR count).